The number of nitrogens with one attached hydrogen (secondary N) is 1. The van der Waals surface area contributed by atoms with E-state index >= 15 is 0 Å². The molecule has 0 fully saturated rings. The Morgan fingerprint density at radius 2 is 2.23 bits per heavy atom. The molecule has 8 heteroatoms. The van der Waals surface area contributed by atoms with Crippen molar-refractivity contribution < 1.29 is 14.1 Å². The van der Waals surface area contributed by atoms with Gasteiger partial charge in [-0.05, 0) is 12.1 Å². The van der Waals surface area contributed by atoms with Gasteiger partial charge in [-0.15, -0.1) is 0 Å². The molecule has 1 heterocycles. The lowest BCUT2D eigenvalue weighted by molar-refractivity contribution is -0.387. The number of carbonyl (C=O) groups is 1. The highest BCUT2D eigenvalue weighted by molar-refractivity contribution is 5.90. The predicted molar refractivity (Wildman–Crippen MR) is 78.0 cm³/mol. The lowest BCUT2D eigenvalue weighted by Crippen LogP contribution is -2.20. The summed E-state index contributed by atoms with van der Waals surface area (Å²) in [5.41, 5.74) is -0.507. The second kappa shape index (κ2) is 6.33. The van der Waals surface area contributed by atoms with Crippen molar-refractivity contribution in [1.29, 1.82) is 0 Å². The van der Waals surface area contributed by atoms with Gasteiger partial charge >= 0.3 is 5.69 Å². The predicted octanol–water partition coefficient (Wildman–Crippen LogP) is 2.69. The van der Waals surface area contributed by atoms with Crippen LogP contribution in [-0.2, 0) is 11.3 Å². The smallest absolute Gasteiger partial charge is 0.306 e. The van der Waals surface area contributed by atoms with E-state index < -0.39 is 16.4 Å². The Labute approximate surface area is 125 Å². The van der Waals surface area contributed by atoms with Crippen LogP contribution in [0.3, 0.4) is 0 Å². The topological polar surface area (TPSA) is 90.1 Å². The molecule has 22 heavy (non-hydrogen) atoms. The van der Waals surface area contributed by atoms with Crippen molar-refractivity contribution in [2.45, 2.75) is 26.3 Å². The van der Waals surface area contributed by atoms with Crippen molar-refractivity contribution in [3.05, 3.63) is 52.3 Å². The third-order valence-electron chi connectivity index (χ3n) is 3.00. The molecule has 1 aromatic carbocycles. The second-order valence-corrected chi connectivity index (χ2v) is 5.04. The highest BCUT2D eigenvalue weighted by Gasteiger charge is 2.16. The van der Waals surface area contributed by atoms with Crippen molar-refractivity contribution >= 4 is 17.3 Å². The Hall–Kier alpha value is -2.77. The molecule has 1 aromatic heterocycles. The van der Waals surface area contributed by atoms with E-state index in [-0.39, 0.29) is 24.1 Å². The Balaban J connectivity index is 2.11. The number of anilines is 1. The van der Waals surface area contributed by atoms with Crippen LogP contribution in [0, 0.1) is 15.9 Å². The number of imidazole rings is 1. The molecule has 116 valence electrons. The first-order chi connectivity index (χ1) is 10.4. The van der Waals surface area contributed by atoms with E-state index in [2.05, 4.69) is 10.3 Å². The number of carbonyl (C=O) groups excluding carboxylic acids is 1. The van der Waals surface area contributed by atoms with Gasteiger partial charge in [-0.2, -0.15) is 4.39 Å². The van der Waals surface area contributed by atoms with Gasteiger partial charge < -0.3 is 9.88 Å². The van der Waals surface area contributed by atoms with E-state index in [9.17, 15) is 19.3 Å². The number of benzene rings is 1. The van der Waals surface area contributed by atoms with Crippen LogP contribution in [0.5, 0.6) is 0 Å². The zero-order chi connectivity index (χ0) is 16.3. The van der Waals surface area contributed by atoms with E-state index in [4.69, 9.17) is 0 Å². The Morgan fingerprint density at radius 3 is 2.86 bits per heavy atom. The molecule has 0 bridgehead atoms. The normalized spacial score (nSPS) is 10.7. The minimum Gasteiger partial charge on any atom is -0.325 e. The molecule has 0 unspecified atom stereocenters. The van der Waals surface area contributed by atoms with Gasteiger partial charge in [-0.25, -0.2) is 4.98 Å². The SMILES string of the molecule is CC(C)c1nccn1CC(=O)Nc1ccc(F)c([N+](=O)[O-])c1. The number of halogens is 1. The van der Waals surface area contributed by atoms with Crippen molar-refractivity contribution in [3.8, 4) is 0 Å². The zero-order valence-electron chi connectivity index (χ0n) is 12.1. The van der Waals surface area contributed by atoms with E-state index in [0.29, 0.717) is 0 Å². The molecule has 0 aliphatic carbocycles. The summed E-state index contributed by atoms with van der Waals surface area (Å²) in [5, 5.41) is 13.2. The second-order valence-electron chi connectivity index (χ2n) is 5.04. The molecule has 7 nitrogen and oxygen atoms in total. The Kier molecular flexibility index (Phi) is 4.50. The van der Waals surface area contributed by atoms with Crippen LogP contribution in [0.1, 0.15) is 25.6 Å². The maximum absolute atomic E-state index is 13.2. The summed E-state index contributed by atoms with van der Waals surface area (Å²) in [4.78, 5) is 26.0. The number of amides is 1. The van der Waals surface area contributed by atoms with Crippen molar-refractivity contribution in [1.82, 2.24) is 9.55 Å². The van der Waals surface area contributed by atoms with E-state index in [1.165, 1.54) is 6.07 Å². The maximum atomic E-state index is 13.2. The quantitative estimate of drug-likeness (QED) is 0.679. The summed E-state index contributed by atoms with van der Waals surface area (Å²) >= 11 is 0. The van der Waals surface area contributed by atoms with Crippen LogP contribution >= 0.6 is 0 Å². The van der Waals surface area contributed by atoms with Crippen LogP contribution in [0.25, 0.3) is 0 Å². The summed E-state index contributed by atoms with van der Waals surface area (Å²) in [6.07, 6.45) is 3.29. The number of nitro groups is 1. The summed E-state index contributed by atoms with van der Waals surface area (Å²) < 4.78 is 14.9. The van der Waals surface area contributed by atoms with Crippen molar-refractivity contribution in [2.24, 2.45) is 0 Å². The monoisotopic (exact) mass is 306 g/mol. The van der Waals surface area contributed by atoms with Gasteiger partial charge in [0.05, 0.1) is 4.92 Å². The Bertz CT molecular complexity index is 712. The molecule has 0 spiro atoms. The van der Waals surface area contributed by atoms with Gasteiger partial charge in [0.25, 0.3) is 0 Å². The van der Waals surface area contributed by atoms with Crippen molar-refractivity contribution in [2.75, 3.05) is 5.32 Å². The standard InChI is InChI=1S/C14H15FN4O3/c1-9(2)14-16-5-6-18(14)8-13(20)17-10-3-4-11(15)12(7-10)19(21)22/h3-7,9H,8H2,1-2H3,(H,17,20). The summed E-state index contributed by atoms with van der Waals surface area (Å²) in [6.45, 7) is 3.94. The first-order valence-electron chi connectivity index (χ1n) is 6.63. The van der Waals surface area contributed by atoms with E-state index in [1.54, 1.807) is 17.0 Å². The first-order valence-corrected chi connectivity index (χ1v) is 6.63. The third-order valence-corrected chi connectivity index (χ3v) is 3.00. The van der Waals surface area contributed by atoms with Crippen LogP contribution < -0.4 is 5.32 Å². The third kappa shape index (κ3) is 3.46. The number of hydrogen-bond donors (Lipinski definition) is 1. The molecule has 0 radical (unpaired) electrons. The molecule has 2 aromatic rings. The molecular weight excluding hydrogens is 291 g/mol. The minimum absolute atomic E-state index is 0.0265. The fraction of sp³-hybridized carbons (Fsp3) is 0.286. The van der Waals surface area contributed by atoms with Crippen molar-refractivity contribution in [3.63, 3.8) is 0 Å². The van der Waals surface area contributed by atoms with Gasteiger partial charge in [-0.1, -0.05) is 13.8 Å². The molecule has 2 rings (SSSR count). The molecular formula is C14H15FN4O3. The lowest BCUT2D eigenvalue weighted by Gasteiger charge is -2.10. The van der Waals surface area contributed by atoms with Crippen LogP contribution in [0.15, 0.2) is 30.6 Å². The molecule has 0 atom stereocenters. The average molecular weight is 306 g/mol. The van der Waals surface area contributed by atoms with Crippen LogP contribution in [-0.4, -0.2) is 20.4 Å². The average Bonchev–Trinajstić information content (AvgIpc) is 2.88. The van der Waals surface area contributed by atoms with Gasteiger partial charge in [0, 0.05) is 30.1 Å². The minimum atomic E-state index is -0.945. The zero-order valence-corrected chi connectivity index (χ0v) is 12.1. The summed E-state index contributed by atoms with van der Waals surface area (Å²) in [7, 11) is 0. The molecule has 1 N–H and O–H groups in total. The van der Waals surface area contributed by atoms with Gasteiger partial charge in [0.1, 0.15) is 12.4 Å². The van der Waals surface area contributed by atoms with Crippen LogP contribution in [0.4, 0.5) is 15.8 Å². The highest BCUT2D eigenvalue weighted by atomic mass is 19.1. The van der Waals surface area contributed by atoms with Crippen LogP contribution in [0.2, 0.25) is 0 Å². The number of rotatable bonds is 5. The largest absolute Gasteiger partial charge is 0.325 e. The molecule has 0 aliphatic heterocycles. The summed E-state index contributed by atoms with van der Waals surface area (Å²) in [6, 6.07) is 3.21. The fourth-order valence-corrected chi connectivity index (χ4v) is 2.04. The molecule has 0 saturated heterocycles. The first kappa shape index (κ1) is 15.6. The number of hydrogen-bond acceptors (Lipinski definition) is 4. The fourth-order valence-electron chi connectivity index (χ4n) is 2.04. The highest BCUT2D eigenvalue weighted by Crippen LogP contribution is 2.21. The lowest BCUT2D eigenvalue weighted by atomic mass is 10.2. The number of nitro benzene ring substituents is 1. The number of aromatic nitrogens is 2. The number of nitrogens with zero attached hydrogens (tertiary/aromatic N) is 3. The van der Waals surface area contributed by atoms with Gasteiger partial charge in [0.15, 0.2) is 0 Å². The van der Waals surface area contributed by atoms with Gasteiger partial charge in [-0.3, -0.25) is 14.9 Å². The van der Waals surface area contributed by atoms with Gasteiger partial charge in [0.2, 0.25) is 11.7 Å². The summed E-state index contributed by atoms with van der Waals surface area (Å²) in [5.74, 6) is -0.393. The van der Waals surface area contributed by atoms with E-state index in [1.807, 2.05) is 13.8 Å². The molecule has 1 amide bonds. The molecule has 0 saturated carbocycles. The van der Waals surface area contributed by atoms with E-state index in [0.717, 1.165) is 18.0 Å². The Morgan fingerprint density at radius 1 is 1.50 bits per heavy atom. The molecule has 0 aliphatic rings. The maximum Gasteiger partial charge on any atom is 0.306 e.